The van der Waals surface area contributed by atoms with Crippen molar-refractivity contribution >= 4 is 11.0 Å². The maximum atomic E-state index is 13.6. The second kappa shape index (κ2) is 7.05. The van der Waals surface area contributed by atoms with Gasteiger partial charge in [0.2, 0.25) is 0 Å². The minimum absolute atomic E-state index is 0.113. The largest absolute Gasteiger partial charge is 0.488 e. The van der Waals surface area contributed by atoms with Crippen LogP contribution in [-0.4, -0.2) is 45.3 Å². The SMILES string of the molecule is OC1(COc2ccccc2F)CCN(Cc2ccc3nc[nH]c3c2)CC1. The Morgan fingerprint density at radius 2 is 2.00 bits per heavy atom. The number of nitrogens with one attached hydrogen (secondary N) is 1. The molecule has 1 aliphatic heterocycles. The minimum atomic E-state index is -0.911. The van der Waals surface area contributed by atoms with Gasteiger partial charge in [-0.2, -0.15) is 0 Å². The first-order chi connectivity index (χ1) is 12.6. The number of imidazole rings is 1. The number of nitrogens with zero attached hydrogens (tertiary/aromatic N) is 2. The number of aliphatic hydroxyl groups is 1. The summed E-state index contributed by atoms with van der Waals surface area (Å²) in [5.41, 5.74) is 2.31. The smallest absolute Gasteiger partial charge is 0.165 e. The van der Waals surface area contributed by atoms with E-state index in [1.165, 1.54) is 11.6 Å². The number of ether oxygens (including phenoxy) is 1. The summed E-state index contributed by atoms with van der Waals surface area (Å²) in [5.74, 6) is -0.209. The third-order valence-electron chi connectivity index (χ3n) is 5.01. The predicted octanol–water partition coefficient (Wildman–Crippen LogP) is 3.11. The van der Waals surface area contributed by atoms with Crippen molar-refractivity contribution in [1.29, 1.82) is 0 Å². The highest BCUT2D eigenvalue weighted by Gasteiger charge is 2.33. The molecule has 6 heteroatoms. The highest BCUT2D eigenvalue weighted by molar-refractivity contribution is 5.74. The number of benzene rings is 2. The van der Waals surface area contributed by atoms with E-state index in [0.717, 1.165) is 30.7 Å². The second-order valence-corrected chi connectivity index (χ2v) is 6.97. The molecule has 26 heavy (non-hydrogen) atoms. The predicted molar refractivity (Wildman–Crippen MR) is 97.4 cm³/mol. The molecule has 0 spiro atoms. The summed E-state index contributed by atoms with van der Waals surface area (Å²) in [4.78, 5) is 9.68. The highest BCUT2D eigenvalue weighted by atomic mass is 19.1. The zero-order chi connectivity index (χ0) is 18.0. The fourth-order valence-corrected chi connectivity index (χ4v) is 3.38. The van der Waals surface area contributed by atoms with Gasteiger partial charge in [-0.1, -0.05) is 18.2 Å². The van der Waals surface area contributed by atoms with E-state index in [4.69, 9.17) is 4.74 Å². The van der Waals surface area contributed by atoms with Crippen molar-refractivity contribution in [3.8, 4) is 5.75 Å². The van der Waals surface area contributed by atoms with Crippen LogP contribution in [0.4, 0.5) is 4.39 Å². The molecule has 1 aliphatic rings. The molecule has 0 bridgehead atoms. The van der Waals surface area contributed by atoms with Crippen LogP contribution in [0.3, 0.4) is 0 Å². The Hall–Kier alpha value is -2.44. The molecule has 1 saturated heterocycles. The molecule has 5 nitrogen and oxygen atoms in total. The molecular formula is C20H22FN3O2. The average molecular weight is 355 g/mol. The number of halogens is 1. The van der Waals surface area contributed by atoms with Gasteiger partial charge >= 0.3 is 0 Å². The highest BCUT2D eigenvalue weighted by Crippen LogP contribution is 2.26. The third-order valence-corrected chi connectivity index (χ3v) is 5.01. The Morgan fingerprint density at radius 1 is 1.19 bits per heavy atom. The molecule has 0 amide bonds. The van der Waals surface area contributed by atoms with Crippen LogP contribution in [0.25, 0.3) is 11.0 Å². The van der Waals surface area contributed by atoms with E-state index in [-0.39, 0.29) is 12.4 Å². The third kappa shape index (κ3) is 3.71. The first kappa shape index (κ1) is 17.0. The minimum Gasteiger partial charge on any atom is -0.488 e. The van der Waals surface area contributed by atoms with E-state index < -0.39 is 11.4 Å². The number of aromatic amines is 1. The van der Waals surface area contributed by atoms with Gasteiger partial charge < -0.3 is 14.8 Å². The molecule has 136 valence electrons. The zero-order valence-corrected chi connectivity index (χ0v) is 14.5. The van der Waals surface area contributed by atoms with Crippen molar-refractivity contribution in [2.45, 2.75) is 25.0 Å². The van der Waals surface area contributed by atoms with Gasteiger partial charge in [0.05, 0.1) is 17.4 Å². The van der Waals surface area contributed by atoms with Crippen LogP contribution >= 0.6 is 0 Å². The van der Waals surface area contributed by atoms with Crippen molar-refractivity contribution in [2.75, 3.05) is 19.7 Å². The van der Waals surface area contributed by atoms with Gasteiger partial charge in [0.25, 0.3) is 0 Å². The molecule has 1 aromatic heterocycles. The zero-order valence-electron chi connectivity index (χ0n) is 14.5. The summed E-state index contributed by atoms with van der Waals surface area (Å²) < 4.78 is 19.2. The quantitative estimate of drug-likeness (QED) is 0.738. The molecule has 1 fully saturated rings. The number of likely N-dealkylation sites (tertiary alicyclic amines) is 1. The molecule has 0 unspecified atom stereocenters. The summed E-state index contributed by atoms with van der Waals surface area (Å²) >= 11 is 0. The van der Waals surface area contributed by atoms with Crippen molar-refractivity contribution in [3.63, 3.8) is 0 Å². The van der Waals surface area contributed by atoms with Crippen LogP contribution in [0.15, 0.2) is 48.8 Å². The maximum Gasteiger partial charge on any atom is 0.165 e. The Labute approximate surface area is 151 Å². The first-order valence-electron chi connectivity index (χ1n) is 8.85. The fourth-order valence-electron chi connectivity index (χ4n) is 3.38. The number of piperidine rings is 1. The Bertz CT molecular complexity index is 887. The lowest BCUT2D eigenvalue weighted by Crippen LogP contribution is -2.47. The first-order valence-corrected chi connectivity index (χ1v) is 8.85. The Morgan fingerprint density at radius 3 is 2.81 bits per heavy atom. The van der Waals surface area contributed by atoms with Crippen LogP contribution in [0.5, 0.6) is 5.75 Å². The summed E-state index contributed by atoms with van der Waals surface area (Å²) in [7, 11) is 0. The number of fused-ring (bicyclic) bond motifs is 1. The Balaban J connectivity index is 1.32. The average Bonchev–Trinajstić information content (AvgIpc) is 3.11. The van der Waals surface area contributed by atoms with E-state index in [1.807, 2.05) is 6.07 Å². The second-order valence-electron chi connectivity index (χ2n) is 6.97. The van der Waals surface area contributed by atoms with Crippen LogP contribution in [0.1, 0.15) is 18.4 Å². The van der Waals surface area contributed by atoms with Crippen molar-refractivity contribution < 1.29 is 14.2 Å². The van der Waals surface area contributed by atoms with Crippen LogP contribution in [0, 0.1) is 5.82 Å². The van der Waals surface area contributed by atoms with E-state index in [9.17, 15) is 9.50 Å². The summed E-state index contributed by atoms with van der Waals surface area (Å²) in [6.45, 7) is 2.50. The molecule has 0 radical (unpaired) electrons. The maximum absolute atomic E-state index is 13.6. The molecule has 4 rings (SSSR count). The van der Waals surface area contributed by atoms with Gasteiger partial charge in [-0.05, 0) is 42.7 Å². The standard InChI is InChI=1S/C20H22FN3O2/c21-16-3-1-2-4-19(16)26-13-20(25)7-9-24(10-8-20)12-15-5-6-17-18(11-15)23-14-22-17/h1-6,11,14,25H,7-10,12-13H2,(H,22,23). The van der Waals surface area contributed by atoms with Gasteiger partial charge in [0.1, 0.15) is 12.2 Å². The molecule has 2 N–H and O–H groups in total. The van der Waals surface area contributed by atoms with E-state index in [0.29, 0.717) is 12.8 Å². The van der Waals surface area contributed by atoms with Crippen molar-refractivity contribution in [1.82, 2.24) is 14.9 Å². The summed E-state index contributed by atoms with van der Waals surface area (Å²) in [6, 6.07) is 12.5. The van der Waals surface area contributed by atoms with Crippen molar-refractivity contribution in [3.05, 3.63) is 60.2 Å². The van der Waals surface area contributed by atoms with Gasteiger partial charge in [-0.3, -0.25) is 4.90 Å². The van der Waals surface area contributed by atoms with Crippen LogP contribution in [0.2, 0.25) is 0 Å². The lowest BCUT2D eigenvalue weighted by Gasteiger charge is -2.38. The lowest BCUT2D eigenvalue weighted by atomic mass is 9.92. The lowest BCUT2D eigenvalue weighted by molar-refractivity contribution is -0.0543. The molecule has 0 atom stereocenters. The summed E-state index contributed by atoms with van der Waals surface area (Å²) in [5, 5.41) is 10.7. The normalized spacial score (nSPS) is 17.5. The monoisotopic (exact) mass is 355 g/mol. The molecule has 3 aromatic rings. The van der Waals surface area contributed by atoms with E-state index >= 15 is 0 Å². The molecule has 0 aliphatic carbocycles. The van der Waals surface area contributed by atoms with Crippen molar-refractivity contribution in [2.24, 2.45) is 0 Å². The van der Waals surface area contributed by atoms with E-state index in [1.54, 1.807) is 24.5 Å². The van der Waals surface area contributed by atoms with Crippen LogP contribution < -0.4 is 4.74 Å². The van der Waals surface area contributed by atoms with Gasteiger partial charge in [-0.15, -0.1) is 0 Å². The number of hydrogen-bond acceptors (Lipinski definition) is 4. The molecule has 0 saturated carbocycles. The van der Waals surface area contributed by atoms with Gasteiger partial charge in [0, 0.05) is 19.6 Å². The number of para-hydroxylation sites is 1. The topological polar surface area (TPSA) is 61.4 Å². The molecule has 2 aromatic carbocycles. The van der Waals surface area contributed by atoms with Crippen LogP contribution in [-0.2, 0) is 6.54 Å². The Kier molecular flexibility index (Phi) is 4.61. The van der Waals surface area contributed by atoms with E-state index in [2.05, 4.69) is 27.0 Å². The number of H-pyrrole nitrogens is 1. The number of rotatable bonds is 5. The molecular weight excluding hydrogens is 333 g/mol. The number of hydrogen-bond donors (Lipinski definition) is 2. The van der Waals surface area contributed by atoms with Gasteiger partial charge in [-0.25, -0.2) is 9.37 Å². The molecule has 2 heterocycles. The van der Waals surface area contributed by atoms with Gasteiger partial charge in [0.15, 0.2) is 11.6 Å². The fraction of sp³-hybridized carbons (Fsp3) is 0.350. The summed E-state index contributed by atoms with van der Waals surface area (Å²) in [6.07, 6.45) is 2.91. The number of aromatic nitrogens is 2.